The van der Waals surface area contributed by atoms with E-state index < -0.39 is 0 Å². The highest BCUT2D eigenvalue weighted by Crippen LogP contribution is 2.44. The lowest BCUT2D eigenvalue weighted by Gasteiger charge is -2.28. The quantitative estimate of drug-likeness (QED) is 0.172. The predicted molar refractivity (Wildman–Crippen MR) is 215 cm³/mol. The molecule has 0 amide bonds. The Balaban J connectivity index is 1.54. The number of aromatic nitrogens is 3. The molecule has 264 valence electrons. The van der Waals surface area contributed by atoms with Gasteiger partial charge in [0.15, 0.2) is 5.58 Å². The first-order chi connectivity index (χ1) is 24.7. The van der Waals surface area contributed by atoms with Crippen LogP contribution in [0.2, 0.25) is 0 Å². The predicted octanol–water partition coefficient (Wildman–Crippen LogP) is 12.5. The number of rotatable bonds is 8. The Morgan fingerprint density at radius 1 is 0.615 bits per heavy atom. The summed E-state index contributed by atoms with van der Waals surface area (Å²) in [4.78, 5) is 14.9. The van der Waals surface area contributed by atoms with Gasteiger partial charge in [-0.2, -0.15) is 0 Å². The summed E-state index contributed by atoms with van der Waals surface area (Å²) in [5, 5.41) is 12.2. The van der Waals surface area contributed by atoms with Crippen LogP contribution in [0.1, 0.15) is 90.5 Å². The average molecular weight is 688 g/mol. The van der Waals surface area contributed by atoms with E-state index in [1.54, 1.807) is 6.07 Å². The van der Waals surface area contributed by atoms with Gasteiger partial charge in [-0.3, -0.25) is 9.97 Å². The smallest absolute Gasteiger partial charge is 0.231 e. The summed E-state index contributed by atoms with van der Waals surface area (Å²) in [5.74, 6) is 1.68. The van der Waals surface area contributed by atoms with E-state index in [1.807, 2.05) is 36.7 Å². The van der Waals surface area contributed by atoms with E-state index in [9.17, 15) is 5.11 Å². The number of pyridine rings is 2. The molecule has 7 aromatic rings. The molecular weight excluding hydrogens is 639 g/mol. The molecule has 7 rings (SSSR count). The first kappa shape index (κ1) is 35.1. The number of aromatic hydroxyl groups is 1. The number of phenols is 1. The van der Waals surface area contributed by atoms with Crippen molar-refractivity contribution in [1.29, 1.82) is 0 Å². The zero-order chi connectivity index (χ0) is 36.9. The summed E-state index contributed by atoms with van der Waals surface area (Å²) in [6.07, 6.45) is 3.71. The van der Waals surface area contributed by atoms with Gasteiger partial charge >= 0.3 is 0 Å². The minimum absolute atomic E-state index is 0.114. The molecule has 3 heterocycles. The van der Waals surface area contributed by atoms with Crippen molar-refractivity contribution in [2.75, 3.05) is 0 Å². The highest BCUT2D eigenvalue weighted by atomic mass is 16.3. The fourth-order valence-corrected chi connectivity index (χ4v) is 7.81. The Labute approximate surface area is 307 Å². The van der Waals surface area contributed by atoms with Gasteiger partial charge in [-0.1, -0.05) is 111 Å². The van der Waals surface area contributed by atoms with E-state index in [1.165, 1.54) is 11.1 Å². The first-order valence-corrected chi connectivity index (χ1v) is 18.4. The van der Waals surface area contributed by atoms with Gasteiger partial charge in [0.05, 0.1) is 16.8 Å². The normalized spacial score (nSPS) is 12.5. The Hall–Kier alpha value is -5.29. The maximum atomic E-state index is 11.1. The number of fused-ring (bicyclic) bond motifs is 2. The third-order valence-electron chi connectivity index (χ3n) is 10.7. The largest absolute Gasteiger partial charge is 0.507 e. The number of hydrogen-bond acceptors (Lipinski definition) is 5. The Morgan fingerprint density at radius 2 is 1.33 bits per heavy atom. The van der Waals surface area contributed by atoms with Crippen LogP contribution in [0, 0.1) is 11.8 Å². The topological polar surface area (TPSA) is 72.0 Å². The summed E-state index contributed by atoms with van der Waals surface area (Å²) in [5.41, 5.74) is 11.0. The van der Waals surface area contributed by atoms with Crippen molar-refractivity contribution in [2.45, 2.75) is 79.1 Å². The Morgan fingerprint density at radius 3 is 2.04 bits per heavy atom. The van der Waals surface area contributed by atoms with Crippen LogP contribution in [0.25, 0.3) is 55.8 Å². The van der Waals surface area contributed by atoms with Crippen molar-refractivity contribution in [2.24, 2.45) is 11.8 Å². The van der Waals surface area contributed by atoms with Crippen molar-refractivity contribution in [3.63, 3.8) is 0 Å². The summed E-state index contributed by atoms with van der Waals surface area (Å²) in [7, 11) is 0. The molecule has 0 atom stereocenters. The number of phenolic OH excluding ortho intramolecular Hbond substituents is 1. The van der Waals surface area contributed by atoms with Crippen LogP contribution in [-0.2, 0) is 10.8 Å². The lowest BCUT2D eigenvalue weighted by atomic mass is 9.76. The lowest BCUT2D eigenvalue weighted by molar-refractivity contribution is 0.388. The van der Waals surface area contributed by atoms with E-state index in [0.29, 0.717) is 34.8 Å². The van der Waals surface area contributed by atoms with Crippen molar-refractivity contribution >= 4 is 22.0 Å². The number of nitrogens with zero attached hydrogens (tertiary/aromatic N) is 3. The monoisotopic (exact) mass is 687 g/mol. The molecule has 0 aliphatic carbocycles. The van der Waals surface area contributed by atoms with Crippen LogP contribution in [0.4, 0.5) is 0 Å². The van der Waals surface area contributed by atoms with Gasteiger partial charge in [0.25, 0.3) is 0 Å². The van der Waals surface area contributed by atoms with Gasteiger partial charge in [0, 0.05) is 34.3 Å². The maximum Gasteiger partial charge on any atom is 0.231 e. The first-order valence-electron chi connectivity index (χ1n) is 18.4. The second kappa shape index (κ2) is 13.4. The highest BCUT2D eigenvalue weighted by molar-refractivity contribution is 5.96. The molecule has 52 heavy (non-hydrogen) atoms. The molecule has 0 saturated heterocycles. The molecule has 0 fully saturated rings. The molecule has 0 aliphatic rings. The molecule has 0 aliphatic heterocycles. The molecular formula is C47H49N3O2. The molecule has 5 nitrogen and oxygen atoms in total. The summed E-state index contributed by atoms with van der Waals surface area (Å²) >= 11 is 0. The molecule has 5 heteroatoms. The van der Waals surface area contributed by atoms with Crippen molar-refractivity contribution in [1.82, 2.24) is 15.0 Å². The van der Waals surface area contributed by atoms with Gasteiger partial charge in [-0.05, 0) is 99.5 Å². The van der Waals surface area contributed by atoms with Crippen LogP contribution in [0.5, 0.6) is 5.75 Å². The minimum atomic E-state index is -0.342. The number of oxazole rings is 1. The fraction of sp³-hybridized carbons (Fsp3) is 0.298. The Kier molecular flexibility index (Phi) is 9.02. The Bertz CT molecular complexity index is 2380. The molecule has 0 bridgehead atoms. The molecule has 0 spiro atoms. The minimum Gasteiger partial charge on any atom is -0.507 e. The van der Waals surface area contributed by atoms with Crippen LogP contribution in [0.3, 0.4) is 0 Å². The van der Waals surface area contributed by atoms with Gasteiger partial charge < -0.3 is 9.52 Å². The molecule has 0 radical (unpaired) electrons. The maximum absolute atomic E-state index is 11.1. The molecule has 0 unspecified atom stereocenters. The standard InChI is InChI=1S/C47H49N3O2/c1-28(2)41(29(3)4)32-22-31(23-33(24-32)43-42-30(19-21-49-43)14-13-20-48-42)37-26-36(47(8,9)34-15-11-10-12-16-34)27-40-44(37)50-45(52-40)38-25-35(46(5,6)7)17-18-39(38)51/h10-29,41,51H,1-9H3. The van der Waals surface area contributed by atoms with Gasteiger partial charge in [0.1, 0.15) is 11.3 Å². The van der Waals surface area contributed by atoms with Crippen LogP contribution in [0.15, 0.2) is 114 Å². The highest BCUT2D eigenvalue weighted by Gasteiger charge is 2.28. The molecule has 0 saturated carbocycles. The van der Waals surface area contributed by atoms with E-state index in [4.69, 9.17) is 19.4 Å². The summed E-state index contributed by atoms with van der Waals surface area (Å²) in [6.45, 7) is 20.2. The SMILES string of the molecule is CC(C)C(c1cc(-c2nccc3cccnc23)cc(-c2cc(C(C)(C)c3ccccc3)cc3oc(-c4cc(C(C)(C)C)ccc4O)nc23)c1)C(C)C. The van der Waals surface area contributed by atoms with Crippen LogP contribution in [-0.4, -0.2) is 20.1 Å². The molecule has 3 aromatic heterocycles. The van der Waals surface area contributed by atoms with Crippen LogP contribution >= 0.6 is 0 Å². The summed E-state index contributed by atoms with van der Waals surface area (Å²) in [6, 6.07) is 33.7. The number of benzene rings is 4. The zero-order valence-electron chi connectivity index (χ0n) is 31.8. The van der Waals surface area contributed by atoms with Gasteiger partial charge in [-0.25, -0.2) is 4.98 Å². The van der Waals surface area contributed by atoms with Crippen molar-refractivity contribution < 1.29 is 9.52 Å². The van der Waals surface area contributed by atoms with E-state index in [-0.39, 0.29) is 16.6 Å². The molecule has 1 N–H and O–H groups in total. The second-order valence-electron chi connectivity index (χ2n) is 16.5. The molecule has 4 aromatic carbocycles. The zero-order valence-corrected chi connectivity index (χ0v) is 31.8. The van der Waals surface area contributed by atoms with Gasteiger partial charge in [-0.15, -0.1) is 0 Å². The van der Waals surface area contributed by atoms with Crippen molar-refractivity contribution in [3.05, 3.63) is 132 Å². The summed E-state index contributed by atoms with van der Waals surface area (Å²) < 4.78 is 6.67. The van der Waals surface area contributed by atoms with E-state index >= 15 is 0 Å². The third-order valence-corrected chi connectivity index (χ3v) is 10.7. The lowest BCUT2D eigenvalue weighted by Crippen LogP contribution is -2.19. The van der Waals surface area contributed by atoms with Crippen molar-refractivity contribution in [3.8, 4) is 39.6 Å². The fourth-order valence-electron chi connectivity index (χ4n) is 7.81. The van der Waals surface area contributed by atoms with Crippen LogP contribution < -0.4 is 0 Å². The van der Waals surface area contributed by atoms with E-state index in [2.05, 4.69) is 129 Å². The van der Waals surface area contributed by atoms with Gasteiger partial charge in [0.2, 0.25) is 5.89 Å². The second-order valence-corrected chi connectivity index (χ2v) is 16.5. The third kappa shape index (κ3) is 6.49. The van der Waals surface area contributed by atoms with E-state index in [0.717, 1.165) is 49.9 Å². The average Bonchev–Trinajstić information content (AvgIpc) is 3.55. The number of hydrogen-bond donors (Lipinski definition) is 1.